The number of benzene rings is 1. The number of hydrogen-bond donors (Lipinski definition) is 0. The summed E-state index contributed by atoms with van der Waals surface area (Å²) in [4.78, 5) is 19.5. The van der Waals surface area contributed by atoms with Gasteiger partial charge < -0.3 is 18.6 Å². The molecule has 0 aliphatic carbocycles. The molecule has 2 aromatic heterocycles. The fourth-order valence-corrected chi connectivity index (χ4v) is 4.63. The van der Waals surface area contributed by atoms with Crippen LogP contribution < -0.4 is 0 Å². The van der Waals surface area contributed by atoms with Gasteiger partial charge in [0.25, 0.3) is 0 Å². The molecule has 32 heavy (non-hydrogen) atoms. The van der Waals surface area contributed by atoms with E-state index in [1.807, 2.05) is 66.3 Å². The lowest BCUT2D eigenvalue weighted by Gasteiger charge is -2.33. The number of aryl methyl sites for hydroxylation is 2. The largest absolute Gasteiger partial charge is 0.467 e. The lowest BCUT2D eigenvalue weighted by molar-refractivity contribution is -0.145. The van der Waals surface area contributed by atoms with Crippen molar-refractivity contribution in [3.8, 4) is 11.5 Å². The summed E-state index contributed by atoms with van der Waals surface area (Å²) in [6.45, 7) is 5.23. The topological polar surface area (TPSA) is 60.5 Å². The molecule has 1 aromatic carbocycles. The Morgan fingerprint density at radius 3 is 2.56 bits per heavy atom. The average Bonchev–Trinajstić information content (AvgIpc) is 3.49. The second-order valence-corrected chi connectivity index (χ2v) is 8.68. The van der Waals surface area contributed by atoms with E-state index in [-0.39, 0.29) is 12.0 Å². The van der Waals surface area contributed by atoms with Crippen LogP contribution in [0, 0.1) is 12.8 Å². The molecular formula is C26H33N3O3. The SMILES string of the molecule is COC(=O)C(CC1CCN(CCCc2nc(-c3ccccc3)oc2C)CC1)n1cccc1. The number of carbonyl (C=O) groups is 1. The van der Waals surface area contributed by atoms with Crippen molar-refractivity contribution in [2.24, 2.45) is 5.92 Å². The lowest BCUT2D eigenvalue weighted by atomic mass is 9.90. The number of methoxy groups -OCH3 is 1. The van der Waals surface area contributed by atoms with Gasteiger partial charge in [-0.25, -0.2) is 9.78 Å². The Labute approximate surface area is 190 Å². The van der Waals surface area contributed by atoms with E-state index in [0.29, 0.717) is 11.8 Å². The number of oxazole rings is 1. The van der Waals surface area contributed by atoms with Crippen molar-refractivity contribution in [1.82, 2.24) is 14.5 Å². The Morgan fingerprint density at radius 2 is 1.88 bits per heavy atom. The van der Waals surface area contributed by atoms with Gasteiger partial charge in [-0.3, -0.25) is 0 Å². The van der Waals surface area contributed by atoms with Gasteiger partial charge in [0.2, 0.25) is 5.89 Å². The molecular weight excluding hydrogens is 402 g/mol. The quantitative estimate of drug-likeness (QED) is 0.448. The van der Waals surface area contributed by atoms with Gasteiger partial charge in [-0.2, -0.15) is 0 Å². The summed E-state index contributed by atoms with van der Waals surface area (Å²) in [5, 5.41) is 0. The highest BCUT2D eigenvalue weighted by atomic mass is 16.5. The zero-order valence-electron chi connectivity index (χ0n) is 19.1. The summed E-state index contributed by atoms with van der Waals surface area (Å²) in [5.41, 5.74) is 2.08. The summed E-state index contributed by atoms with van der Waals surface area (Å²) in [6.07, 6.45) is 8.99. The third-order valence-electron chi connectivity index (χ3n) is 6.53. The van der Waals surface area contributed by atoms with E-state index in [1.165, 1.54) is 7.11 Å². The second kappa shape index (κ2) is 10.6. The molecule has 0 amide bonds. The van der Waals surface area contributed by atoms with Gasteiger partial charge in [0.05, 0.1) is 12.8 Å². The molecule has 1 atom stereocenters. The molecule has 6 nitrogen and oxygen atoms in total. The highest BCUT2D eigenvalue weighted by Gasteiger charge is 2.27. The van der Waals surface area contributed by atoms with Crippen LogP contribution in [0.25, 0.3) is 11.5 Å². The maximum Gasteiger partial charge on any atom is 0.328 e. The van der Waals surface area contributed by atoms with Crippen molar-refractivity contribution in [3.63, 3.8) is 0 Å². The monoisotopic (exact) mass is 435 g/mol. The minimum Gasteiger partial charge on any atom is -0.467 e. The molecule has 0 spiro atoms. The van der Waals surface area contributed by atoms with Gasteiger partial charge in [-0.1, -0.05) is 18.2 Å². The molecule has 3 aromatic rings. The van der Waals surface area contributed by atoms with Crippen LogP contribution in [0.3, 0.4) is 0 Å². The molecule has 0 bridgehead atoms. The van der Waals surface area contributed by atoms with Gasteiger partial charge in [-0.05, 0) is 88.8 Å². The van der Waals surface area contributed by atoms with Gasteiger partial charge in [0.15, 0.2) is 0 Å². The summed E-state index contributed by atoms with van der Waals surface area (Å²) < 4.78 is 12.9. The lowest BCUT2D eigenvalue weighted by Crippen LogP contribution is -2.36. The molecule has 1 saturated heterocycles. The number of ether oxygens (including phenoxy) is 1. The molecule has 3 heterocycles. The smallest absolute Gasteiger partial charge is 0.328 e. The van der Waals surface area contributed by atoms with Gasteiger partial charge in [-0.15, -0.1) is 0 Å². The number of likely N-dealkylation sites (tertiary alicyclic amines) is 1. The fourth-order valence-electron chi connectivity index (χ4n) is 4.63. The van der Waals surface area contributed by atoms with Crippen LogP contribution >= 0.6 is 0 Å². The first-order valence-electron chi connectivity index (χ1n) is 11.6. The maximum absolute atomic E-state index is 12.3. The number of rotatable bonds is 9. The Balaban J connectivity index is 1.23. The maximum atomic E-state index is 12.3. The number of esters is 1. The highest BCUT2D eigenvalue weighted by molar-refractivity contribution is 5.74. The van der Waals surface area contributed by atoms with E-state index in [2.05, 4.69) is 4.90 Å². The predicted octanol–water partition coefficient (Wildman–Crippen LogP) is 4.90. The van der Waals surface area contributed by atoms with Crippen molar-refractivity contribution in [3.05, 3.63) is 66.3 Å². The van der Waals surface area contributed by atoms with E-state index < -0.39 is 0 Å². The van der Waals surface area contributed by atoms with Crippen molar-refractivity contribution in [1.29, 1.82) is 0 Å². The zero-order valence-corrected chi connectivity index (χ0v) is 19.1. The average molecular weight is 436 g/mol. The summed E-state index contributed by atoms with van der Waals surface area (Å²) in [7, 11) is 1.47. The highest BCUT2D eigenvalue weighted by Crippen LogP contribution is 2.28. The first-order chi connectivity index (χ1) is 15.6. The first-order valence-corrected chi connectivity index (χ1v) is 11.6. The van der Waals surface area contributed by atoms with E-state index in [4.69, 9.17) is 14.1 Å². The van der Waals surface area contributed by atoms with Crippen LogP contribution in [0.2, 0.25) is 0 Å². The molecule has 4 rings (SSSR count). The molecule has 6 heteroatoms. The third kappa shape index (κ3) is 5.49. The Morgan fingerprint density at radius 1 is 1.16 bits per heavy atom. The van der Waals surface area contributed by atoms with Crippen LogP contribution in [0.4, 0.5) is 0 Å². The fraction of sp³-hybridized carbons (Fsp3) is 0.462. The third-order valence-corrected chi connectivity index (χ3v) is 6.53. The van der Waals surface area contributed by atoms with Crippen LogP contribution in [0.1, 0.15) is 43.2 Å². The molecule has 1 fully saturated rings. The van der Waals surface area contributed by atoms with Crippen molar-refractivity contribution in [2.45, 2.75) is 45.1 Å². The number of piperidine rings is 1. The second-order valence-electron chi connectivity index (χ2n) is 8.68. The molecule has 0 radical (unpaired) electrons. The van der Waals surface area contributed by atoms with E-state index in [9.17, 15) is 4.79 Å². The molecule has 1 unspecified atom stereocenters. The van der Waals surface area contributed by atoms with Gasteiger partial charge in [0.1, 0.15) is 11.8 Å². The van der Waals surface area contributed by atoms with Crippen molar-refractivity contribution < 1.29 is 13.9 Å². The van der Waals surface area contributed by atoms with Gasteiger partial charge in [0, 0.05) is 18.0 Å². The van der Waals surface area contributed by atoms with Crippen LogP contribution in [-0.4, -0.2) is 47.2 Å². The van der Waals surface area contributed by atoms with Crippen LogP contribution in [-0.2, 0) is 16.0 Å². The number of aromatic nitrogens is 2. The predicted molar refractivity (Wildman–Crippen MR) is 124 cm³/mol. The van der Waals surface area contributed by atoms with Crippen molar-refractivity contribution >= 4 is 5.97 Å². The molecule has 0 saturated carbocycles. The molecule has 1 aliphatic heterocycles. The van der Waals surface area contributed by atoms with E-state index in [1.54, 1.807) is 0 Å². The van der Waals surface area contributed by atoms with E-state index >= 15 is 0 Å². The summed E-state index contributed by atoms with van der Waals surface area (Å²) in [6, 6.07) is 13.8. The first kappa shape index (κ1) is 22.3. The van der Waals surface area contributed by atoms with Crippen LogP contribution in [0.5, 0.6) is 0 Å². The van der Waals surface area contributed by atoms with Crippen LogP contribution in [0.15, 0.2) is 59.3 Å². The number of hydrogen-bond acceptors (Lipinski definition) is 5. The van der Waals surface area contributed by atoms with Gasteiger partial charge >= 0.3 is 5.97 Å². The Hall–Kier alpha value is -2.86. The zero-order chi connectivity index (χ0) is 22.3. The minimum atomic E-state index is -0.222. The standard InChI is InChI=1S/C26H33N3O3/c1-20-23(27-25(32-20)22-9-4-3-5-10-22)11-8-14-28-17-12-21(13-18-28)19-24(26(30)31-2)29-15-6-7-16-29/h3-7,9-10,15-16,21,24H,8,11-14,17-19H2,1-2H3. The molecule has 0 N–H and O–H groups in total. The number of carbonyl (C=O) groups excluding carboxylic acids is 1. The Bertz CT molecular complexity index is 973. The minimum absolute atomic E-state index is 0.151. The summed E-state index contributed by atoms with van der Waals surface area (Å²) in [5.74, 6) is 2.02. The molecule has 1 aliphatic rings. The normalized spacial score (nSPS) is 16.2. The summed E-state index contributed by atoms with van der Waals surface area (Å²) >= 11 is 0. The van der Waals surface area contributed by atoms with E-state index in [0.717, 1.165) is 68.8 Å². The molecule has 170 valence electrons. The number of nitrogens with zero attached hydrogens (tertiary/aromatic N) is 3. The van der Waals surface area contributed by atoms with Crippen molar-refractivity contribution in [2.75, 3.05) is 26.7 Å². The Kier molecular flexibility index (Phi) is 7.43.